The fraction of sp³-hybridized carbons (Fsp3) is 0.571. The third kappa shape index (κ3) is 4.92. The Labute approximate surface area is 232 Å². The Morgan fingerprint density at radius 3 is 2.25 bits per heavy atom. The summed E-state index contributed by atoms with van der Waals surface area (Å²) < 4.78 is 38.7. The number of alkyl halides is 2. The van der Waals surface area contributed by atoms with Gasteiger partial charge in [-0.1, -0.05) is 12.1 Å². The second kappa shape index (κ2) is 10.0. The molecular weight excluding hydrogens is 516 g/mol. The van der Waals surface area contributed by atoms with E-state index in [1.54, 1.807) is 24.3 Å². The van der Waals surface area contributed by atoms with Gasteiger partial charge in [-0.05, 0) is 32.9 Å². The van der Waals surface area contributed by atoms with Gasteiger partial charge < -0.3 is 14.2 Å². The van der Waals surface area contributed by atoms with Crippen LogP contribution < -0.4 is 4.90 Å². The standard InChI is InChI=1S/C28H37F2N9O/c1-27(2,3)38-12-10-36(11-13-38)18-21-32-22-23(35(21)5)33-26(34-24(22)37-14-16-40-17-15-37)39-20-9-7-6-8-19(20)31-25(39)28(4,29)30/h6-9H,10-18H2,1-5H3. The number of piperazine rings is 1. The average molecular weight is 554 g/mol. The zero-order chi connectivity index (χ0) is 28.2. The fourth-order valence-electron chi connectivity index (χ4n) is 5.62. The van der Waals surface area contributed by atoms with E-state index in [0.717, 1.165) is 38.9 Å². The number of rotatable bonds is 5. The molecule has 0 N–H and O–H groups in total. The molecular formula is C28H37F2N9O. The number of aromatic nitrogens is 6. The first-order valence-corrected chi connectivity index (χ1v) is 13.9. The highest BCUT2D eigenvalue weighted by atomic mass is 19.3. The van der Waals surface area contributed by atoms with Gasteiger partial charge in [0.25, 0.3) is 0 Å². The lowest BCUT2D eigenvalue weighted by Crippen LogP contribution is -2.53. The minimum absolute atomic E-state index is 0.148. The molecule has 5 heterocycles. The van der Waals surface area contributed by atoms with Crippen LogP contribution in [0, 0.1) is 0 Å². The van der Waals surface area contributed by atoms with Crippen LogP contribution in [-0.4, -0.2) is 96.9 Å². The van der Waals surface area contributed by atoms with Crippen molar-refractivity contribution in [2.45, 2.75) is 45.7 Å². The van der Waals surface area contributed by atoms with Gasteiger partial charge in [-0.3, -0.25) is 14.4 Å². The van der Waals surface area contributed by atoms with Gasteiger partial charge in [0, 0.05) is 58.8 Å². The summed E-state index contributed by atoms with van der Waals surface area (Å²) in [6.07, 6.45) is 0. The van der Waals surface area contributed by atoms with Crippen LogP contribution in [0.3, 0.4) is 0 Å². The second-order valence-corrected chi connectivity index (χ2v) is 11.8. The molecule has 12 heteroatoms. The van der Waals surface area contributed by atoms with Crippen molar-refractivity contribution in [1.82, 2.24) is 38.9 Å². The van der Waals surface area contributed by atoms with Gasteiger partial charge in [0.05, 0.1) is 30.8 Å². The minimum Gasteiger partial charge on any atom is -0.378 e. The summed E-state index contributed by atoms with van der Waals surface area (Å²) in [5, 5.41) is 0. The molecule has 0 amide bonds. The molecule has 0 unspecified atom stereocenters. The zero-order valence-corrected chi connectivity index (χ0v) is 23.9. The molecule has 2 aliphatic heterocycles. The van der Waals surface area contributed by atoms with Crippen LogP contribution in [0.2, 0.25) is 0 Å². The molecule has 0 bridgehead atoms. The molecule has 0 spiro atoms. The monoisotopic (exact) mass is 553 g/mol. The predicted molar refractivity (Wildman–Crippen MR) is 150 cm³/mol. The normalized spacial score (nSPS) is 18.3. The average Bonchev–Trinajstić information content (AvgIpc) is 3.47. The van der Waals surface area contributed by atoms with Gasteiger partial charge in [-0.2, -0.15) is 18.7 Å². The van der Waals surface area contributed by atoms with E-state index in [1.165, 1.54) is 4.57 Å². The van der Waals surface area contributed by atoms with Gasteiger partial charge in [-0.25, -0.2) is 9.97 Å². The molecule has 214 valence electrons. The number of hydrogen-bond acceptors (Lipinski definition) is 8. The molecule has 2 aliphatic rings. The van der Waals surface area contributed by atoms with Crippen molar-refractivity contribution in [2.24, 2.45) is 7.05 Å². The Balaban J connectivity index is 1.45. The third-order valence-corrected chi connectivity index (χ3v) is 7.93. The van der Waals surface area contributed by atoms with E-state index in [2.05, 4.69) is 40.5 Å². The Kier molecular flexibility index (Phi) is 6.75. The number of halogens is 2. The highest BCUT2D eigenvalue weighted by Gasteiger charge is 2.34. The lowest BCUT2D eigenvalue weighted by atomic mass is 10.1. The molecule has 0 radical (unpaired) electrons. The fourth-order valence-corrected chi connectivity index (χ4v) is 5.62. The lowest BCUT2D eigenvalue weighted by Gasteiger charge is -2.42. The largest absolute Gasteiger partial charge is 0.378 e. The molecule has 0 saturated carbocycles. The number of nitrogens with zero attached hydrogens (tertiary/aromatic N) is 9. The molecule has 0 aliphatic carbocycles. The van der Waals surface area contributed by atoms with Crippen LogP contribution in [0.1, 0.15) is 39.3 Å². The summed E-state index contributed by atoms with van der Waals surface area (Å²) >= 11 is 0. The van der Waals surface area contributed by atoms with Crippen LogP contribution in [0.15, 0.2) is 24.3 Å². The number of morpholine rings is 1. The SMILES string of the molecule is Cn1c(CN2CCN(C(C)(C)C)CC2)nc2c(N3CCOCC3)nc(-n3c(C(C)(F)F)nc4ccccc43)nc21. The molecule has 10 nitrogen and oxygen atoms in total. The van der Waals surface area contributed by atoms with Crippen molar-refractivity contribution in [1.29, 1.82) is 0 Å². The predicted octanol–water partition coefficient (Wildman–Crippen LogP) is 3.57. The van der Waals surface area contributed by atoms with Crippen LogP contribution >= 0.6 is 0 Å². The van der Waals surface area contributed by atoms with E-state index in [4.69, 9.17) is 19.7 Å². The first-order valence-electron chi connectivity index (χ1n) is 13.9. The van der Waals surface area contributed by atoms with Gasteiger partial charge in [0.1, 0.15) is 5.82 Å². The maximum Gasteiger partial charge on any atom is 0.302 e. The summed E-state index contributed by atoms with van der Waals surface area (Å²) in [5.41, 5.74) is 2.43. The molecule has 2 saturated heterocycles. The number of anilines is 1. The minimum atomic E-state index is -3.19. The third-order valence-electron chi connectivity index (χ3n) is 7.93. The van der Waals surface area contributed by atoms with Crippen LogP contribution in [-0.2, 0) is 24.3 Å². The number of imidazole rings is 2. The lowest BCUT2D eigenvalue weighted by molar-refractivity contribution is 0.00650. The highest BCUT2D eigenvalue weighted by molar-refractivity contribution is 5.86. The molecule has 6 rings (SSSR count). The van der Waals surface area contributed by atoms with Crippen LogP contribution in [0.25, 0.3) is 28.1 Å². The van der Waals surface area contributed by atoms with Crippen molar-refractivity contribution in [3.63, 3.8) is 0 Å². The first-order chi connectivity index (χ1) is 19.0. The van der Waals surface area contributed by atoms with Gasteiger partial charge in [-0.15, -0.1) is 0 Å². The van der Waals surface area contributed by atoms with Crippen LogP contribution in [0.4, 0.5) is 14.6 Å². The summed E-state index contributed by atoms with van der Waals surface area (Å²) in [4.78, 5) is 26.1. The molecule has 40 heavy (non-hydrogen) atoms. The Bertz CT molecular complexity index is 1520. The summed E-state index contributed by atoms with van der Waals surface area (Å²) in [5.74, 6) is -1.92. The van der Waals surface area contributed by atoms with E-state index in [1.807, 2.05) is 11.6 Å². The number of fused-ring (bicyclic) bond motifs is 2. The van der Waals surface area contributed by atoms with Crippen molar-refractivity contribution in [2.75, 3.05) is 57.4 Å². The zero-order valence-electron chi connectivity index (χ0n) is 23.9. The van der Waals surface area contributed by atoms with E-state index < -0.39 is 5.92 Å². The molecule has 4 aromatic rings. The van der Waals surface area contributed by atoms with E-state index in [-0.39, 0.29) is 17.3 Å². The van der Waals surface area contributed by atoms with E-state index >= 15 is 0 Å². The topological polar surface area (TPSA) is 80.4 Å². The molecule has 2 fully saturated rings. The Morgan fingerprint density at radius 2 is 1.57 bits per heavy atom. The quantitative estimate of drug-likeness (QED) is 0.371. The number of benzene rings is 1. The van der Waals surface area contributed by atoms with Crippen molar-refractivity contribution in [3.05, 3.63) is 35.9 Å². The number of aryl methyl sites for hydroxylation is 1. The molecule has 3 aromatic heterocycles. The van der Waals surface area contributed by atoms with Crippen molar-refractivity contribution < 1.29 is 13.5 Å². The number of para-hydroxylation sites is 2. The van der Waals surface area contributed by atoms with Crippen LogP contribution in [0.5, 0.6) is 0 Å². The second-order valence-electron chi connectivity index (χ2n) is 11.8. The van der Waals surface area contributed by atoms with Gasteiger partial charge >= 0.3 is 5.92 Å². The number of hydrogen-bond donors (Lipinski definition) is 0. The smallest absolute Gasteiger partial charge is 0.302 e. The highest BCUT2D eigenvalue weighted by Crippen LogP contribution is 2.33. The molecule has 1 aromatic carbocycles. The number of ether oxygens (including phenoxy) is 1. The summed E-state index contributed by atoms with van der Waals surface area (Å²) in [6, 6.07) is 7.09. The summed E-state index contributed by atoms with van der Waals surface area (Å²) in [6.45, 7) is 14.6. The van der Waals surface area contributed by atoms with Gasteiger partial charge in [0.2, 0.25) is 5.95 Å². The Hall–Kier alpha value is -3.22. The Morgan fingerprint density at radius 1 is 0.875 bits per heavy atom. The van der Waals surface area contributed by atoms with E-state index in [9.17, 15) is 8.78 Å². The first kappa shape index (κ1) is 27.0. The van der Waals surface area contributed by atoms with Crippen molar-refractivity contribution in [3.8, 4) is 5.95 Å². The summed E-state index contributed by atoms with van der Waals surface area (Å²) in [7, 11) is 1.94. The van der Waals surface area contributed by atoms with Gasteiger partial charge in [0.15, 0.2) is 22.8 Å². The van der Waals surface area contributed by atoms with E-state index in [0.29, 0.717) is 60.9 Å². The maximum absolute atomic E-state index is 14.9. The van der Waals surface area contributed by atoms with Crippen molar-refractivity contribution >= 4 is 28.0 Å². The maximum atomic E-state index is 14.9. The molecule has 0 atom stereocenters.